The number of fused-ring (bicyclic) bond motifs is 1. The number of ether oxygens (including phenoxy) is 4. The lowest BCUT2D eigenvalue weighted by molar-refractivity contribution is -0.392. The predicted octanol–water partition coefficient (Wildman–Crippen LogP) is 4.33. The lowest BCUT2D eigenvalue weighted by Crippen LogP contribution is -2.13. The van der Waals surface area contributed by atoms with Crippen molar-refractivity contribution in [3.05, 3.63) is 75.9 Å². The van der Waals surface area contributed by atoms with Crippen molar-refractivity contribution in [1.29, 1.82) is 0 Å². The number of aromatic amines is 1. The van der Waals surface area contributed by atoms with E-state index in [9.17, 15) is 14.9 Å². The maximum atomic E-state index is 12.6. The van der Waals surface area contributed by atoms with Gasteiger partial charge >= 0.3 is 11.8 Å². The van der Waals surface area contributed by atoms with Gasteiger partial charge < -0.3 is 34.0 Å². The normalized spacial score (nSPS) is 11.1. The van der Waals surface area contributed by atoms with Crippen LogP contribution in [-0.2, 0) is 11.3 Å². The molecule has 0 atom stereocenters. The minimum absolute atomic E-state index is 0.0410. The second kappa shape index (κ2) is 10.6. The fourth-order valence-corrected chi connectivity index (χ4v) is 3.80. The summed E-state index contributed by atoms with van der Waals surface area (Å²) in [4.78, 5) is 30.8. The third-order valence-corrected chi connectivity index (χ3v) is 5.52. The molecule has 0 unspecified atom stereocenters. The van der Waals surface area contributed by atoms with Crippen LogP contribution in [0.4, 0.5) is 5.82 Å². The van der Waals surface area contributed by atoms with E-state index in [2.05, 4.69) is 9.97 Å². The lowest BCUT2D eigenvalue weighted by Gasteiger charge is -2.12. The van der Waals surface area contributed by atoms with E-state index in [1.807, 2.05) is 24.3 Å². The molecule has 0 spiro atoms. The molecule has 4 aromatic rings. The van der Waals surface area contributed by atoms with Crippen molar-refractivity contribution in [3.8, 4) is 17.2 Å². The topological polar surface area (TPSA) is 131 Å². The monoisotopic (exact) mass is 492 g/mol. The van der Waals surface area contributed by atoms with Crippen LogP contribution in [0.1, 0.15) is 21.7 Å². The average molecular weight is 492 g/mol. The highest BCUT2D eigenvalue weighted by Crippen LogP contribution is 2.38. The molecular weight excluding hydrogens is 468 g/mol. The Bertz CT molecular complexity index is 1410. The van der Waals surface area contributed by atoms with Gasteiger partial charge in [-0.15, -0.1) is 0 Å². The van der Waals surface area contributed by atoms with E-state index in [1.165, 1.54) is 25.9 Å². The molecule has 0 fully saturated rings. The number of H-pyrrole nitrogens is 1. The van der Waals surface area contributed by atoms with Crippen LogP contribution in [-0.4, -0.2) is 53.4 Å². The molecule has 2 heterocycles. The first-order valence-electron chi connectivity index (χ1n) is 10.9. The molecule has 0 aliphatic rings. The number of imidazole rings is 1. The number of methoxy groups -OCH3 is 3. The Balaban J connectivity index is 1.53. The second-order valence-electron chi connectivity index (χ2n) is 7.56. The summed E-state index contributed by atoms with van der Waals surface area (Å²) in [5.41, 5.74) is 1.91. The van der Waals surface area contributed by atoms with Crippen molar-refractivity contribution in [1.82, 2.24) is 14.5 Å². The Hall–Kier alpha value is -4.80. The molecule has 0 saturated carbocycles. The highest BCUT2D eigenvalue weighted by Gasteiger charge is 2.20. The molecule has 0 amide bonds. The number of para-hydroxylation sites is 1. The maximum absolute atomic E-state index is 12.6. The van der Waals surface area contributed by atoms with Crippen molar-refractivity contribution >= 4 is 34.8 Å². The quantitative estimate of drug-likeness (QED) is 0.197. The van der Waals surface area contributed by atoms with E-state index in [-0.39, 0.29) is 19.0 Å². The summed E-state index contributed by atoms with van der Waals surface area (Å²) in [7, 11) is 4.54. The van der Waals surface area contributed by atoms with Crippen molar-refractivity contribution in [2.24, 2.45) is 0 Å². The van der Waals surface area contributed by atoms with Crippen LogP contribution in [0.25, 0.3) is 23.1 Å². The second-order valence-corrected chi connectivity index (χ2v) is 7.56. The minimum atomic E-state index is -0.536. The molecular formula is C25H24N4O7. The van der Waals surface area contributed by atoms with Crippen molar-refractivity contribution in [2.75, 3.05) is 27.9 Å². The molecule has 11 heteroatoms. The van der Waals surface area contributed by atoms with Gasteiger partial charge in [-0.1, -0.05) is 18.2 Å². The third-order valence-electron chi connectivity index (χ3n) is 5.52. The predicted molar refractivity (Wildman–Crippen MR) is 132 cm³/mol. The molecule has 0 bridgehead atoms. The number of aromatic nitrogens is 3. The smallest absolute Gasteiger partial charge is 0.343 e. The summed E-state index contributed by atoms with van der Waals surface area (Å²) < 4.78 is 22.8. The van der Waals surface area contributed by atoms with E-state index in [0.717, 1.165) is 17.1 Å². The number of esters is 1. The van der Waals surface area contributed by atoms with Crippen LogP contribution >= 0.6 is 0 Å². The van der Waals surface area contributed by atoms with Crippen LogP contribution in [0.3, 0.4) is 0 Å². The van der Waals surface area contributed by atoms with E-state index >= 15 is 0 Å². The number of rotatable bonds is 10. The number of benzene rings is 2. The number of carbonyl (C=O) groups excluding carboxylic acids is 1. The Morgan fingerprint density at radius 2 is 1.83 bits per heavy atom. The van der Waals surface area contributed by atoms with Gasteiger partial charge in [0, 0.05) is 23.2 Å². The van der Waals surface area contributed by atoms with E-state index in [4.69, 9.17) is 18.9 Å². The van der Waals surface area contributed by atoms with Crippen LogP contribution in [0, 0.1) is 10.1 Å². The lowest BCUT2D eigenvalue weighted by atomic mass is 10.1. The molecule has 0 aliphatic carbocycles. The zero-order valence-corrected chi connectivity index (χ0v) is 19.9. The van der Waals surface area contributed by atoms with Gasteiger partial charge in [0.15, 0.2) is 11.5 Å². The molecule has 2 aromatic carbocycles. The van der Waals surface area contributed by atoms with Gasteiger partial charge in [0.2, 0.25) is 11.6 Å². The molecule has 2 aromatic heterocycles. The van der Waals surface area contributed by atoms with E-state index in [1.54, 1.807) is 30.5 Å². The first-order valence-corrected chi connectivity index (χ1v) is 10.9. The minimum Gasteiger partial charge on any atom is -0.493 e. The van der Waals surface area contributed by atoms with Gasteiger partial charge in [-0.2, -0.15) is 0 Å². The van der Waals surface area contributed by atoms with Crippen LogP contribution < -0.4 is 14.2 Å². The summed E-state index contributed by atoms with van der Waals surface area (Å²) in [5.74, 6) is 0.961. The Morgan fingerprint density at radius 3 is 2.50 bits per heavy atom. The molecule has 0 radical (unpaired) electrons. The van der Waals surface area contributed by atoms with Crippen molar-refractivity contribution < 1.29 is 28.7 Å². The van der Waals surface area contributed by atoms with Gasteiger partial charge in [-0.25, -0.2) is 14.3 Å². The summed E-state index contributed by atoms with van der Waals surface area (Å²) in [6, 6.07) is 10.8. The fraction of sp³-hybridized carbons (Fsp3) is 0.200. The summed E-state index contributed by atoms with van der Waals surface area (Å²) in [5, 5.41) is 12.3. The van der Waals surface area contributed by atoms with Gasteiger partial charge in [0.05, 0.1) is 26.9 Å². The number of hydrogen-bond donors (Lipinski definition) is 1. The highest BCUT2D eigenvalue weighted by atomic mass is 16.6. The van der Waals surface area contributed by atoms with Gasteiger partial charge in [-0.3, -0.25) is 0 Å². The number of nitrogens with zero attached hydrogens (tertiary/aromatic N) is 3. The zero-order chi connectivity index (χ0) is 25.7. The van der Waals surface area contributed by atoms with E-state index < -0.39 is 10.9 Å². The number of nitro groups is 1. The average Bonchev–Trinajstić information content (AvgIpc) is 3.51. The largest absolute Gasteiger partial charge is 0.493 e. The Morgan fingerprint density at radius 1 is 1.11 bits per heavy atom. The van der Waals surface area contributed by atoms with Crippen molar-refractivity contribution in [2.45, 2.75) is 6.54 Å². The summed E-state index contributed by atoms with van der Waals surface area (Å²) >= 11 is 0. The summed E-state index contributed by atoms with van der Waals surface area (Å²) in [6.07, 6.45) is 6.08. The SMILES string of the molecule is COc1cc(/C=C\c2ncc([N+](=O)[O-])n2CCOC(=O)c2c[nH]c3ccccc23)cc(OC)c1OC. The third kappa shape index (κ3) is 4.85. The van der Waals surface area contributed by atoms with Crippen LogP contribution in [0.2, 0.25) is 0 Å². The Kier molecular flexibility index (Phi) is 7.19. The molecule has 1 N–H and O–H groups in total. The summed E-state index contributed by atoms with van der Waals surface area (Å²) in [6.45, 7) is -0.0418. The highest BCUT2D eigenvalue weighted by molar-refractivity contribution is 6.04. The molecule has 4 rings (SSSR count). The first kappa shape index (κ1) is 24.3. The van der Waals surface area contributed by atoms with Crippen LogP contribution in [0.5, 0.6) is 17.2 Å². The standard InChI is InChI=1S/C25H24N4O7/c1-33-20-12-16(13-21(34-2)24(20)35-3)8-9-22-27-15-23(29(31)32)28(22)10-11-36-25(30)18-14-26-19-7-5-4-6-17(18)19/h4-9,12-15,26H,10-11H2,1-3H3/b9-8-. The zero-order valence-electron chi connectivity index (χ0n) is 19.9. The Labute approximate surface area is 206 Å². The molecule has 0 saturated heterocycles. The first-order chi connectivity index (χ1) is 17.5. The number of nitrogens with one attached hydrogen (secondary N) is 1. The van der Waals surface area contributed by atoms with E-state index in [0.29, 0.717) is 34.2 Å². The number of hydrogen-bond acceptors (Lipinski definition) is 8. The maximum Gasteiger partial charge on any atom is 0.343 e. The number of carbonyl (C=O) groups is 1. The van der Waals surface area contributed by atoms with Crippen molar-refractivity contribution in [3.63, 3.8) is 0 Å². The van der Waals surface area contributed by atoms with Gasteiger partial charge in [0.1, 0.15) is 19.3 Å². The van der Waals surface area contributed by atoms with Crippen LogP contribution in [0.15, 0.2) is 48.8 Å². The molecule has 186 valence electrons. The molecule has 36 heavy (non-hydrogen) atoms. The van der Waals surface area contributed by atoms with Gasteiger partial charge in [0.25, 0.3) is 0 Å². The fourth-order valence-electron chi connectivity index (χ4n) is 3.80. The molecule has 0 aliphatic heterocycles. The molecule has 11 nitrogen and oxygen atoms in total. The van der Waals surface area contributed by atoms with Gasteiger partial charge in [-0.05, 0) is 34.8 Å².